The van der Waals surface area contributed by atoms with Gasteiger partial charge in [-0.1, -0.05) is 23.2 Å². The fraction of sp³-hybridized carbons (Fsp3) is 0.444. The van der Waals surface area contributed by atoms with Crippen molar-refractivity contribution in [3.05, 3.63) is 49.9 Å². The standard InChI is InChI=1S/C18H24Cl2N4OS/c1-12(25-4)17-23-16(11-26-17)10-24(3)18(21-2)22-6-5-13-7-14(19)9-15(20)8-13/h7-9,11-12H,5-6,10H2,1-4H3,(H,21,22). The highest BCUT2D eigenvalue weighted by atomic mass is 35.5. The Bertz CT molecular complexity index is 730. The number of aromatic nitrogens is 1. The van der Waals surface area contributed by atoms with E-state index in [4.69, 9.17) is 27.9 Å². The van der Waals surface area contributed by atoms with Crippen LogP contribution in [0.15, 0.2) is 28.6 Å². The zero-order chi connectivity index (χ0) is 19.1. The van der Waals surface area contributed by atoms with Crippen molar-refractivity contribution in [3.63, 3.8) is 0 Å². The van der Waals surface area contributed by atoms with Gasteiger partial charge in [-0.3, -0.25) is 4.99 Å². The van der Waals surface area contributed by atoms with Gasteiger partial charge in [-0.25, -0.2) is 4.98 Å². The van der Waals surface area contributed by atoms with Crippen molar-refractivity contribution in [1.29, 1.82) is 0 Å². The third-order valence-electron chi connectivity index (χ3n) is 3.86. The van der Waals surface area contributed by atoms with Crippen LogP contribution in [0, 0.1) is 0 Å². The first kappa shape index (κ1) is 21.0. The maximum atomic E-state index is 6.04. The van der Waals surface area contributed by atoms with Crippen LogP contribution in [0.4, 0.5) is 0 Å². The van der Waals surface area contributed by atoms with Crippen LogP contribution in [-0.4, -0.2) is 43.6 Å². The number of rotatable bonds is 7. The second-order valence-electron chi connectivity index (χ2n) is 5.91. The van der Waals surface area contributed by atoms with Crippen molar-refractivity contribution < 1.29 is 4.74 Å². The number of methoxy groups -OCH3 is 1. The maximum absolute atomic E-state index is 6.04. The van der Waals surface area contributed by atoms with Crippen LogP contribution in [0.5, 0.6) is 0 Å². The molecule has 1 aromatic carbocycles. The number of hydrogen-bond donors (Lipinski definition) is 1. The van der Waals surface area contributed by atoms with Crippen molar-refractivity contribution in [3.8, 4) is 0 Å². The molecular weight excluding hydrogens is 391 g/mol. The number of guanidine groups is 1. The summed E-state index contributed by atoms with van der Waals surface area (Å²) in [6.07, 6.45) is 0.820. The lowest BCUT2D eigenvalue weighted by molar-refractivity contribution is 0.119. The Kier molecular flexibility index (Phi) is 8.15. The number of hydrogen-bond acceptors (Lipinski definition) is 4. The highest BCUT2D eigenvalue weighted by Gasteiger charge is 2.12. The Morgan fingerprint density at radius 2 is 2.04 bits per heavy atom. The van der Waals surface area contributed by atoms with Gasteiger partial charge in [0.25, 0.3) is 0 Å². The molecule has 0 saturated heterocycles. The largest absolute Gasteiger partial charge is 0.375 e. The fourth-order valence-electron chi connectivity index (χ4n) is 2.46. The van der Waals surface area contributed by atoms with Gasteiger partial charge in [0.2, 0.25) is 0 Å². The van der Waals surface area contributed by atoms with E-state index in [1.807, 2.05) is 31.0 Å². The number of nitrogens with zero attached hydrogens (tertiary/aromatic N) is 3. The van der Waals surface area contributed by atoms with Crippen molar-refractivity contribution in [2.24, 2.45) is 4.99 Å². The van der Waals surface area contributed by atoms with E-state index in [0.717, 1.165) is 35.2 Å². The molecule has 0 aliphatic heterocycles. The van der Waals surface area contributed by atoms with Crippen LogP contribution in [0.3, 0.4) is 0 Å². The summed E-state index contributed by atoms with van der Waals surface area (Å²) in [5, 5.41) is 7.70. The van der Waals surface area contributed by atoms with E-state index in [2.05, 4.69) is 20.7 Å². The molecule has 0 aliphatic rings. The molecule has 0 radical (unpaired) electrons. The van der Waals surface area contributed by atoms with E-state index >= 15 is 0 Å². The molecule has 1 atom stereocenters. The third kappa shape index (κ3) is 6.13. The molecule has 8 heteroatoms. The van der Waals surface area contributed by atoms with Crippen molar-refractivity contribution in [1.82, 2.24) is 15.2 Å². The van der Waals surface area contributed by atoms with Gasteiger partial charge in [0.05, 0.1) is 12.2 Å². The zero-order valence-corrected chi connectivity index (χ0v) is 17.8. The minimum atomic E-state index is 0.0148. The maximum Gasteiger partial charge on any atom is 0.193 e. The molecule has 5 nitrogen and oxygen atoms in total. The monoisotopic (exact) mass is 414 g/mol. The number of thiazole rings is 1. The topological polar surface area (TPSA) is 49.8 Å². The van der Waals surface area contributed by atoms with Crippen LogP contribution >= 0.6 is 34.5 Å². The second kappa shape index (κ2) is 10.1. The number of halogens is 2. The van der Waals surface area contributed by atoms with Crippen LogP contribution in [0.2, 0.25) is 10.0 Å². The Morgan fingerprint density at radius 3 is 2.65 bits per heavy atom. The second-order valence-corrected chi connectivity index (χ2v) is 7.68. The van der Waals surface area contributed by atoms with Crippen molar-refractivity contribution in [2.45, 2.75) is 26.0 Å². The van der Waals surface area contributed by atoms with Crippen LogP contribution in [-0.2, 0) is 17.7 Å². The SMILES string of the molecule is CN=C(NCCc1cc(Cl)cc(Cl)c1)N(C)Cc1csc(C(C)OC)n1. The zero-order valence-electron chi connectivity index (χ0n) is 15.4. The molecule has 0 spiro atoms. The molecule has 1 aromatic heterocycles. The number of benzene rings is 1. The fourth-order valence-corrected chi connectivity index (χ4v) is 3.87. The summed E-state index contributed by atoms with van der Waals surface area (Å²) in [4.78, 5) is 11.0. The molecule has 142 valence electrons. The molecule has 0 saturated carbocycles. The van der Waals surface area contributed by atoms with Gasteiger partial charge in [0, 0.05) is 43.2 Å². The van der Waals surface area contributed by atoms with E-state index in [-0.39, 0.29) is 6.10 Å². The normalized spacial score (nSPS) is 12.9. The highest BCUT2D eigenvalue weighted by molar-refractivity contribution is 7.09. The van der Waals surface area contributed by atoms with E-state index in [9.17, 15) is 0 Å². The first-order valence-corrected chi connectivity index (χ1v) is 9.90. The summed E-state index contributed by atoms with van der Waals surface area (Å²) in [6, 6.07) is 5.59. The lowest BCUT2D eigenvalue weighted by atomic mass is 10.1. The number of nitrogens with one attached hydrogen (secondary N) is 1. The molecule has 1 unspecified atom stereocenters. The summed E-state index contributed by atoms with van der Waals surface area (Å²) in [7, 11) is 5.45. The minimum Gasteiger partial charge on any atom is -0.375 e. The van der Waals surface area contributed by atoms with Crippen LogP contribution in [0.1, 0.15) is 29.3 Å². The molecule has 0 amide bonds. The Hall–Kier alpha value is -1.34. The first-order chi connectivity index (χ1) is 12.4. The quantitative estimate of drug-likeness (QED) is 0.538. The summed E-state index contributed by atoms with van der Waals surface area (Å²) < 4.78 is 5.31. The van der Waals surface area contributed by atoms with Gasteiger partial charge in [0.1, 0.15) is 11.1 Å². The van der Waals surface area contributed by atoms with E-state index in [1.54, 1.807) is 31.6 Å². The lowest BCUT2D eigenvalue weighted by Crippen LogP contribution is -2.39. The van der Waals surface area contributed by atoms with Gasteiger partial charge in [-0.15, -0.1) is 11.3 Å². The molecule has 1 heterocycles. The minimum absolute atomic E-state index is 0.0148. The van der Waals surface area contributed by atoms with Crippen molar-refractivity contribution in [2.75, 3.05) is 27.7 Å². The predicted molar refractivity (Wildman–Crippen MR) is 111 cm³/mol. The van der Waals surface area contributed by atoms with Gasteiger partial charge < -0.3 is 15.0 Å². The highest BCUT2D eigenvalue weighted by Crippen LogP contribution is 2.21. The summed E-state index contributed by atoms with van der Waals surface area (Å²) in [5.41, 5.74) is 2.09. The van der Waals surface area contributed by atoms with Gasteiger partial charge in [-0.05, 0) is 37.1 Å². The van der Waals surface area contributed by atoms with Gasteiger partial charge in [0.15, 0.2) is 5.96 Å². The molecule has 2 aromatic rings. The average molecular weight is 415 g/mol. The summed E-state index contributed by atoms with van der Waals surface area (Å²) in [5.74, 6) is 0.812. The average Bonchev–Trinajstić information content (AvgIpc) is 3.05. The summed E-state index contributed by atoms with van der Waals surface area (Å²) >= 11 is 13.7. The molecule has 0 fully saturated rings. The Labute approximate surface area is 169 Å². The Balaban J connectivity index is 1.88. The summed E-state index contributed by atoms with van der Waals surface area (Å²) in [6.45, 7) is 3.40. The first-order valence-electron chi connectivity index (χ1n) is 8.26. The molecule has 1 N–H and O–H groups in total. The predicted octanol–water partition coefficient (Wildman–Crippen LogP) is 4.41. The van der Waals surface area contributed by atoms with E-state index < -0.39 is 0 Å². The van der Waals surface area contributed by atoms with E-state index in [0.29, 0.717) is 16.6 Å². The van der Waals surface area contributed by atoms with Gasteiger partial charge >= 0.3 is 0 Å². The van der Waals surface area contributed by atoms with Crippen LogP contribution in [0.25, 0.3) is 0 Å². The molecule has 0 aliphatic carbocycles. The molecular formula is C18H24Cl2N4OS. The molecule has 26 heavy (non-hydrogen) atoms. The van der Waals surface area contributed by atoms with E-state index in [1.165, 1.54) is 0 Å². The Morgan fingerprint density at radius 1 is 1.35 bits per heavy atom. The number of ether oxygens (including phenoxy) is 1. The van der Waals surface area contributed by atoms with Crippen LogP contribution < -0.4 is 5.32 Å². The molecule has 2 rings (SSSR count). The third-order valence-corrected chi connectivity index (χ3v) is 5.35. The van der Waals surface area contributed by atoms with Gasteiger partial charge in [-0.2, -0.15) is 0 Å². The number of aliphatic imine (C=N–C) groups is 1. The lowest BCUT2D eigenvalue weighted by Gasteiger charge is -2.21. The van der Waals surface area contributed by atoms with Crippen molar-refractivity contribution >= 4 is 40.5 Å². The smallest absolute Gasteiger partial charge is 0.193 e. The molecule has 0 bridgehead atoms.